The van der Waals surface area contributed by atoms with E-state index in [1.54, 1.807) is 0 Å². The van der Waals surface area contributed by atoms with Gasteiger partial charge in [0, 0.05) is 17.4 Å². The third kappa shape index (κ3) is 4.66. The average molecular weight is 510 g/mol. The Morgan fingerprint density at radius 2 is 1.94 bits per heavy atom. The largest absolute Gasteiger partial charge is 0.493 e. The molecule has 2 N–H and O–H groups in total. The predicted octanol–water partition coefficient (Wildman–Crippen LogP) is 4.59. The molecule has 13 heteroatoms. The normalized spacial score (nSPS) is 25.4. The number of pyridine rings is 1. The highest BCUT2D eigenvalue weighted by Gasteiger charge is 2.66. The Morgan fingerprint density at radius 1 is 1.29 bits per heavy atom. The first-order valence-corrected chi connectivity index (χ1v) is 10.2. The number of nitrogens with one attached hydrogen (secondary N) is 1. The number of nitrogens with zero attached hydrogens (tertiary/aromatic N) is 1. The fraction of sp³-hybridized carbons (Fsp3) is 0.455. The van der Waals surface area contributed by atoms with Crippen molar-refractivity contribution in [3.8, 4) is 5.75 Å². The SMILES string of the molecule is COc1c([C@H]2[C@H](C(=O)Nc3cc([C@H](O)CF)ncc3F)O[C@@](C)(C(F)(F)F)[C@H]2C)ccc(F)c1F. The molecule has 2 aromatic rings. The van der Waals surface area contributed by atoms with Gasteiger partial charge in [0.05, 0.1) is 24.7 Å². The van der Waals surface area contributed by atoms with Crippen molar-refractivity contribution in [3.05, 3.63) is 53.1 Å². The van der Waals surface area contributed by atoms with Crippen molar-refractivity contribution >= 4 is 11.6 Å². The molecule has 0 aliphatic carbocycles. The van der Waals surface area contributed by atoms with Crippen LogP contribution < -0.4 is 10.1 Å². The smallest absolute Gasteiger partial charge is 0.417 e. The lowest BCUT2D eigenvalue weighted by Crippen LogP contribution is -2.47. The van der Waals surface area contributed by atoms with Crippen molar-refractivity contribution in [2.24, 2.45) is 5.92 Å². The van der Waals surface area contributed by atoms with Crippen molar-refractivity contribution in [2.75, 3.05) is 19.1 Å². The van der Waals surface area contributed by atoms with Gasteiger partial charge in [0.15, 0.2) is 23.0 Å². The summed E-state index contributed by atoms with van der Waals surface area (Å²) in [7, 11) is 0.976. The number of aliphatic hydroxyl groups is 1. The summed E-state index contributed by atoms with van der Waals surface area (Å²) in [4.78, 5) is 16.6. The van der Waals surface area contributed by atoms with E-state index in [4.69, 9.17) is 9.47 Å². The first-order valence-electron chi connectivity index (χ1n) is 10.2. The molecule has 3 rings (SSSR count). The molecule has 192 valence electrons. The van der Waals surface area contributed by atoms with Gasteiger partial charge in [-0.3, -0.25) is 9.78 Å². The van der Waals surface area contributed by atoms with Crippen LogP contribution in [-0.4, -0.2) is 47.7 Å². The maximum absolute atomic E-state index is 14.4. The van der Waals surface area contributed by atoms with E-state index in [0.29, 0.717) is 19.2 Å². The van der Waals surface area contributed by atoms with Crippen LogP contribution in [0.3, 0.4) is 0 Å². The average Bonchev–Trinajstić information content (AvgIpc) is 3.08. The zero-order valence-corrected chi connectivity index (χ0v) is 18.6. The summed E-state index contributed by atoms with van der Waals surface area (Å²) in [6, 6.07) is 2.46. The molecule has 2 heterocycles. The molecule has 1 aromatic heterocycles. The van der Waals surface area contributed by atoms with Gasteiger partial charge in [0.25, 0.3) is 5.91 Å². The number of halogens is 7. The van der Waals surface area contributed by atoms with Crippen LogP contribution in [0, 0.1) is 23.4 Å². The highest BCUT2D eigenvalue weighted by atomic mass is 19.4. The van der Waals surface area contributed by atoms with E-state index in [-0.39, 0.29) is 11.3 Å². The molecular formula is C22H21F7N2O4. The molecular weight excluding hydrogens is 489 g/mol. The lowest BCUT2D eigenvalue weighted by molar-refractivity contribution is -0.272. The quantitative estimate of drug-likeness (QED) is 0.556. The van der Waals surface area contributed by atoms with Gasteiger partial charge in [-0.25, -0.2) is 13.2 Å². The van der Waals surface area contributed by atoms with Gasteiger partial charge in [0.2, 0.25) is 5.82 Å². The number of anilines is 1. The maximum atomic E-state index is 14.4. The number of carbonyl (C=O) groups excluding carboxylic acids is 1. The summed E-state index contributed by atoms with van der Waals surface area (Å²) < 4.78 is 107. The lowest BCUT2D eigenvalue weighted by atomic mass is 9.77. The third-order valence-corrected chi connectivity index (χ3v) is 6.19. The molecule has 6 nitrogen and oxygen atoms in total. The molecule has 1 aliphatic heterocycles. The fourth-order valence-corrected chi connectivity index (χ4v) is 4.06. The number of hydrogen-bond acceptors (Lipinski definition) is 5. The predicted molar refractivity (Wildman–Crippen MR) is 108 cm³/mol. The van der Waals surface area contributed by atoms with Crippen LogP contribution in [0.15, 0.2) is 24.4 Å². The van der Waals surface area contributed by atoms with Gasteiger partial charge in [-0.2, -0.15) is 17.6 Å². The number of hydrogen-bond donors (Lipinski definition) is 2. The Labute approximate surface area is 195 Å². The molecule has 35 heavy (non-hydrogen) atoms. The Morgan fingerprint density at radius 3 is 2.51 bits per heavy atom. The number of methoxy groups -OCH3 is 1. The number of aliphatic hydroxyl groups excluding tert-OH is 1. The van der Waals surface area contributed by atoms with Crippen molar-refractivity contribution in [3.63, 3.8) is 0 Å². The molecule has 0 bridgehead atoms. The van der Waals surface area contributed by atoms with E-state index in [9.17, 15) is 40.6 Å². The van der Waals surface area contributed by atoms with Gasteiger partial charge < -0.3 is 19.9 Å². The Bertz CT molecular complexity index is 1110. The molecule has 0 saturated carbocycles. The summed E-state index contributed by atoms with van der Waals surface area (Å²) in [5.41, 5.74) is -4.12. The van der Waals surface area contributed by atoms with Crippen LogP contribution in [0.2, 0.25) is 0 Å². The van der Waals surface area contributed by atoms with Crippen molar-refractivity contribution in [1.29, 1.82) is 0 Å². The summed E-state index contributed by atoms with van der Waals surface area (Å²) >= 11 is 0. The van der Waals surface area contributed by atoms with Crippen LogP contribution >= 0.6 is 0 Å². The second-order valence-corrected chi connectivity index (χ2v) is 8.19. The monoisotopic (exact) mass is 510 g/mol. The van der Waals surface area contributed by atoms with Crippen LogP contribution in [0.25, 0.3) is 0 Å². The Kier molecular flexibility index (Phi) is 7.32. The fourth-order valence-electron chi connectivity index (χ4n) is 4.06. The number of ether oxygens (including phenoxy) is 2. The summed E-state index contributed by atoms with van der Waals surface area (Å²) in [5.74, 6) is -8.91. The van der Waals surface area contributed by atoms with Gasteiger partial charge in [-0.05, 0) is 19.1 Å². The second kappa shape index (κ2) is 9.61. The number of carbonyl (C=O) groups is 1. The Hall–Kier alpha value is -2.93. The van der Waals surface area contributed by atoms with Crippen LogP contribution in [0.1, 0.15) is 37.1 Å². The molecule has 5 atom stereocenters. The minimum absolute atomic E-state index is 0.268. The Balaban J connectivity index is 2.08. The van der Waals surface area contributed by atoms with Gasteiger partial charge >= 0.3 is 6.18 Å². The summed E-state index contributed by atoms with van der Waals surface area (Å²) in [5, 5.41) is 11.6. The zero-order valence-electron chi connectivity index (χ0n) is 18.6. The molecule has 0 spiro atoms. The topological polar surface area (TPSA) is 80.7 Å². The molecule has 1 aromatic carbocycles. The van der Waals surface area contributed by atoms with E-state index in [1.165, 1.54) is 0 Å². The highest BCUT2D eigenvalue weighted by molar-refractivity contribution is 5.95. The van der Waals surface area contributed by atoms with E-state index in [1.807, 2.05) is 0 Å². The van der Waals surface area contributed by atoms with Crippen LogP contribution in [0.5, 0.6) is 5.75 Å². The minimum Gasteiger partial charge on any atom is -0.493 e. The first-order chi connectivity index (χ1) is 16.3. The zero-order chi connectivity index (χ0) is 26.3. The molecule has 0 unspecified atom stereocenters. The number of amides is 1. The first kappa shape index (κ1) is 26.7. The maximum Gasteiger partial charge on any atom is 0.417 e. The van der Waals surface area contributed by atoms with E-state index >= 15 is 0 Å². The standard InChI is InChI=1S/C22H21F7N2O4/c1-9-16(10-4-5-11(24)17(26)18(10)34-3)19(35-21(9,2)22(27,28)29)20(33)31-13-6-14(15(32)7-23)30-8-12(13)25/h4-6,8-9,15-16,19,32H,7H2,1-3H3,(H,30,31,33)/t9-,15+,16-,19+,21+/m0/s1. The van der Waals surface area contributed by atoms with Crippen LogP contribution in [0.4, 0.5) is 36.4 Å². The van der Waals surface area contributed by atoms with Crippen molar-refractivity contribution < 1.29 is 50.1 Å². The van der Waals surface area contributed by atoms with Gasteiger partial charge in [-0.1, -0.05) is 13.0 Å². The second-order valence-electron chi connectivity index (χ2n) is 8.19. The molecule has 1 aliphatic rings. The minimum atomic E-state index is -4.98. The third-order valence-electron chi connectivity index (χ3n) is 6.19. The lowest BCUT2D eigenvalue weighted by Gasteiger charge is -2.32. The number of alkyl halides is 4. The molecule has 1 amide bonds. The molecule has 0 radical (unpaired) electrons. The van der Waals surface area contributed by atoms with Gasteiger partial charge in [-0.15, -0.1) is 0 Å². The van der Waals surface area contributed by atoms with Crippen LogP contribution in [-0.2, 0) is 9.53 Å². The highest BCUT2D eigenvalue weighted by Crippen LogP contribution is 2.55. The van der Waals surface area contributed by atoms with Crippen molar-refractivity contribution in [2.45, 2.75) is 43.8 Å². The number of aromatic nitrogens is 1. The molecule has 1 fully saturated rings. The summed E-state index contributed by atoms with van der Waals surface area (Å²) in [6.45, 7) is 0.555. The van der Waals surface area contributed by atoms with E-state index in [0.717, 1.165) is 26.2 Å². The molecule has 1 saturated heterocycles. The summed E-state index contributed by atoms with van der Waals surface area (Å²) in [6.07, 6.45) is -8.09. The van der Waals surface area contributed by atoms with Gasteiger partial charge in [0.1, 0.15) is 18.9 Å². The van der Waals surface area contributed by atoms with E-state index < -0.39 is 77.3 Å². The van der Waals surface area contributed by atoms with E-state index in [2.05, 4.69) is 10.3 Å². The van der Waals surface area contributed by atoms with Crippen molar-refractivity contribution in [1.82, 2.24) is 4.98 Å². The number of rotatable bonds is 6. The number of benzene rings is 1.